The summed E-state index contributed by atoms with van der Waals surface area (Å²) in [5.41, 5.74) is 5.77. The van der Waals surface area contributed by atoms with Crippen molar-refractivity contribution >= 4 is 51.4 Å². The Balaban J connectivity index is 0.00000400. The van der Waals surface area contributed by atoms with Crippen LogP contribution in [0.15, 0.2) is 86.9 Å². The summed E-state index contributed by atoms with van der Waals surface area (Å²) in [6.45, 7) is 3.96. The molecular weight excluding hydrogens is 596 g/mol. The molecule has 1 fully saturated rings. The molecule has 2 atom stereocenters. The summed E-state index contributed by atoms with van der Waals surface area (Å²) in [7, 11) is 0. The third kappa shape index (κ3) is 7.65. The SMILES string of the molecule is CCCc1nc(C)n(-c2ccc(OC3CCCC(O)C3)cc2)c(=O)c1Cc1ccc(-c2ccccc2-c2noc(=O)[nH]2)cc1.[K]. The molecule has 1 saturated carbocycles. The third-order valence-electron chi connectivity index (χ3n) is 8.18. The van der Waals surface area contributed by atoms with Gasteiger partial charge < -0.3 is 9.84 Å². The second-order valence-electron chi connectivity index (χ2n) is 11.4. The number of nitrogens with one attached hydrogen (secondary N) is 1. The van der Waals surface area contributed by atoms with Gasteiger partial charge in [-0.15, -0.1) is 0 Å². The van der Waals surface area contributed by atoms with Crippen molar-refractivity contribution in [3.63, 3.8) is 0 Å². The van der Waals surface area contributed by atoms with Gasteiger partial charge in [0.05, 0.1) is 17.5 Å². The largest absolute Gasteiger partial charge is 0.490 e. The second kappa shape index (κ2) is 15.0. The van der Waals surface area contributed by atoms with Crippen molar-refractivity contribution in [3.8, 4) is 34.0 Å². The number of aromatic nitrogens is 4. The van der Waals surface area contributed by atoms with Gasteiger partial charge in [0, 0.05) is 75.4 Å². The van der Waals surface area contributed by atoms with Crippen molar-refractivity contribution < 1.29 is 14.4 Å². The summed E-state index contributed by atoms with van der Waals surface area (Å²) in [6, 6.07) is 23.3. The molecule has 227 valence electrons. The Morgan fingerprint density at radius 3 is 2.40 bits per heavy atom. The van der Waals surface area contributed by atoms with Crippen molar-refractivity contribution in [1.82, 2.24) is 19.7 Å². The van der Waals surface area contributed by atoms with E-state index in [0.29, 0.717) is 36.5 Å². The van der Waals surface area contributed by atoms with E-state index in [0.717, 1.165) is 65.1 Å². The van der Waals surface area contributed by atoms with E-state index in [2.05, 4.69) is 17.1 Å². The van der Waals surface area contributed by atoms with E-state index in [1.807, 2.05) is 79.7 Å². The van der Waals surface area contributed by atoms with Crippen LogP contribution >= 0.6 is 0 Å². The molecule has 0 saturated heterocycles. The second-order valence-corrected chi connectivity index (χ2v) is 11.4. The van der Waals surface area contributed by atoms with Crippen molar-refractivity contribution in [3.05, 3.63) is 116 Å². The van der Waals surface area contributed by atoms with Crippen molar-refractivity contribution in [2.24, 2.45) is 0 Å². The fourth-order valence-electron chi connectivity index (χ4n) is 6.03. The molecular formula is C35H36KN4O5. The van der Waals surface area contributed by atoms with Crippen LogP contribution in [-0.2, 0) is 12.8 Å². The average Bonchev–Trinajstić information content (AvgIpc) is 3.46. The molecule has 2 heterocycles. The molecule has 6 rings (SSSR count). The molecule has 0 spiro atoms. The van der Waals surface area contributed by atoms with Crippen LogP contribution in [0.2, 0.25) is 0 Å². The maximum absolute atomic E-state index is 14.0. The standard InChI is InChI=1S/C35H36N4O5.K/c1-3-7-32-31(20-23-12-14-24(15-13-23)29-10-4-5-11-30(29)33-37-35(42)44-38-33)34(41)39(22(2)36-32)25-16-18-27(19-17-25)43-28-9-6-8-26(40)21-28;/h4-5,10-19,26,28,40H,3,6-9,20-21H2,1-2H3,(H,37,38,42);. The first-order valence-electron chi connectivity index (χ1n) is 15.2. The van der Waals surface area contributed by atoms with Crippen LogP contribution in [-0.4, -0.2) is 88.4 Å². The maximum Gasteiger partial charge on any atom is 0.439 e. The summed E-state index contributed by atoms with van der Waals surface area (Å²) in [6.07, 6.45) is 5.10. The molecule has 1 aliphatic rings. The Hall–Kier alpha value is -3.12. The molecule has 2 aromatic heterocycles. The smallest absolute Gasteiger partial charge is 0.439 e. The van der Waals surface area contributed by atoms with Crippen molar-refractivity contribution in [2.75, 3.05) is 0 Å². The van der Waals surface area contributed by atoms with E-state index in [1.54, 1.807) is 4.57 Å². The minimum atomic E-state index is -0.602. The first-order chi connectivity index (χ1) is 21.4. The normalized spacial score (nSPS) is 16.2. The Labute approximate surface area is 304 Å². The molecule has 0 bridgehead atoms. The molecule has 5 aromatic rings. The molecule has 2 unspecified atom stereocenters. The van der Waals surface area contributed by atoms with E-state index in [9.17, 15) is 14.7 Å². The van der Waals surface area contributed by atoms with Crippen LogP contribution in [0.25, 0.3) is 28.2 Å². The van der Waals surface area contributed by atoms with Crippen LogP contribution in [0.4, 0.5) is 0 Å². The maximum atomic E-state index is 14.0. The first-order valence-corrected chi connectivity index (χ1v) is 15.2. The number of aliphatic hydroxyl groups is 1. The molecule has 1 aliphatic carbocycles. The topological polar surface area (TPSA) is 123 Å². The molecule has 2 N–H and O–H groups in total. The summed E-state index contributed by atoms with van der Waals surface area (Å²) < 4.78 is 12.5. The number of hydrogen-bond donors (Lipinski definition) is 2. The molecule has 9 nitrogen and oxygen atoms in total. The minimum absolute atomic E-state index is 0. The average molecular weight is 632 g/mol. The first kappa shape index (κ1) is 33.2. The molecule has 45 heavy (non-hydrogen) atoms. The summed E-state index contributed by atoms with van der Waals surface area (Å²) in [5.74, 6) is 1.14. The quantitative estimate of drug-likeness (QED) is 0.209. The van der Waals surface area contributed by atoms with Gasteiger partial charge in [-0.1, -0.05) is 67.0 Å². The van der Waals surface area contributed by atoms with E-state index in [4.69, 9.17) is 14.2 Å². The summed E-state index contributed by atoms with van der Waals surface area (Å²) >= 11 is 0. The van der Waals surface area contributed by atoms with E-state index >= 15 is 0 Å². The molecule has 1 radical (unpaired) electrons. The zero-order valence-corrected chi connectivity index (χ0v) is 29.1. The van der Waals surface area contributed by atoms with Crippen LogP contribution in [0, 0.1) is 6.92 Å². The zero-order valence-electron chi connectivity index (χ0n) is 26.0. The van der Waals surface area contributed by atoms with Gasteiger partial charge in [-0.3, -0.25) is 18.9 Å². The molecule has 0 aliphatic heterocycles. The Kier molecular flexibility index (Phi) is 11.1. The molecule has 0 amide bonds. The minimum Gasteiger partial charge on any atom is -0.490 e. The van der Waals surface area contributed by atoms with Crippen molar-refractivity contribution in [1.29, 1.82) is 0 Å². The summed E-state index contributed by atoms with van der Waals surface area (Å²) in [5, 5.41) is 13.8. The van der Waals surface area contributed by atoms with Crippen LogP contribution in [0.5, 0.6) is 5.75 Å². The van der Waals surface area contributed by atoms with Gasteiger partial charge in [-0.2, -0.15) is 0 Å². The van der Waals surface area contributed by atoms with Gasteiger partial charge in [0.1, 0.15) is 17.7 Å². The number of aromatic amines is 1. The van der Waals surface area contributed by atoms with Crippen LogP contribution in [0.3, 0.4) is 0 Å². The van der Waals surface area contributed by atoms with Crippen LogP contribution < -0.4 is 16.1 Å². The molecule has 3 aromatic carbocycles. The number of ether oxygens (including phenoxy) is 1. The predicted molar refractivity (Wildman–Crippen MR) is 174 cm³/mol. The number of benzene rings is 3. The number of aryl methyl sites for hydroxylation is 2. The Morgan fingerprint density at radius 1 is 1.00 bits per heavy atom. The van der Waals surface area contributed by atoms with Gasteiger partial charge in [0.25, 0.3) is 5.56 Å². The summed E-state index contributed by atoms with van der Waals surface area (Å²) in [4.78, 5) is 33.1. The van der Waals surface area contributed by atoms with Gasteiger partial charge in [0.2, 0.25) is 0 Å². The number of aliphatic hydroxyl groups excluding tert-OH is 1. The van der Waals surface area contributed by atoms with Crippen LogP contribution in [0.1, 0.15) is 61.7 Å². The van der Waals surface area contributed by atoms with Crippen molar-refractivity contribution in [2.45, 2.75) is 71.0 Å². The van der Waals surface area contributed by atoms with Gasteiger partial charge in [-0.05, 0) is 73.6 Å². The number of nitrogens with zero attached hydrogens (tertiary/aromatic N) is 3. The van der Waals surface area contributed by atoms with Gasteiger partial charge in [0.15, 0.2) is 5.82 Å². The zero-order chi connectivity index (χ0) is 30.6. The van der Waals surface area contributed by atoms with Gasteiger partial charge >= 0.3 is 5.76 Å². The third-order valence-corrected chi connectivity index (χ3v) is 8.18. The monoisotopic (exact) mass is 631 g/mol. The van der Waals surface area contributed by atoms with Gasteiger partial charge in [-0.25, -0.2) is 9.78 Å². The fourth-order valence-corrected chi connectivity index (χ4v) is 6.03. The number of rotatable bonds is 9. The Morgan fingerprint density at radius 2 is 1.73 bits per heavy atom. The van der Waals surface area contributed by atoms with E-state index in [-0.39, 0.29) is 69.2 Å². The predicted octanol–water partition coefficient (Wildman–Crippen LogP) is 5.40. The molecule has 10 heteroatoms. The van der Waals surface area contributed by atoms with E-state index < -0.39 is 5.76 Å². The van der Waals surface area contributed by atoms with E-state index in [1.165, 1.54) is 0 Å². The Bertz CT molecular complexity index is 1860. The number of hydrogen-bond acceptors (Lipinski definition) is 7. The fraction of sp³-hybridized carbons (Fsp3) is 0.314. The number of H-pyrrole nitrogens is 1.